The molecular formula is C5H3BrN4OS. The van der Waals surface area contributed by atoms with Gasteiger partial charge in [-0.2, -0.15) is 4.52 Å². The fraction of sp³-hybridized carbons (Fsp3) is 0. The van der Waals surface area contributed by atoms with E-state index in [1.54, 1.807) is 6.07 Å². The molecule has 5 nitrogen and oxygen atoms in total. The van der Waals surface area contributed by atoms with Crippen LogP contribution in [0, 0.1) is 4.77 Å². The zero-order chi connectivity index (χ0) is 8.72. The number of nitrogens with zero attached hydrogens (tertiary/aromatic N) is 2. The second-order valence-corrected chi connectivity index (χ2v) is 3.39. The first kappa shape index (κ1) is 7.69. The molecule has 0 aliphatic carbocycles. The summed E-state index contributed by atoms with van der Waals surface area (Å²) >= 11 is 7.91. The SMILES string of the molecule is O=c1[nH]c(=S)nc2cc(Br)[nH]n12. The van der Waals surface area contributed by atoms with Gasteiger partial charge in [0.25, 0.3) is 0 Å². The van der Waals surface area contributed by atoms with E-state index in [1.807, 2.05) is 0 Å². The summed E-state index contributed by atoms with van der Waals surface area (Å²) in [5, 5.41) is 2.73. The third-order valence-corrected chi connectivity index (χ3v) is 1.94. The van der Waals surface area contributed by atoms with Crippen LogP contribution in [0.1, 0.15) is 0 Å². The zero-order valence-electron chi connectivity index (χ0n) is 5.67. The molecule has 12 heavy (non-hydrogen) atoms. The molecule has 0 atom stereocenters. The van der Waals surface area contributed by atoms with Gasteiger partial charge < -0.3 is 0 Å². The third kappa shape index (κ3) is 1.10. The normalized spacial score (nSPS) is 10.8. The fourth-order valence-electron chi connectivity index (χ4n) is 0.891. The summed E-state index contributed by atoms with van der Waals surface area (Å²) in [6.45, 7) is 0. The number of halogens is 1. The summed E-state index contributed by atoms with van der Waals surface area (Å²) in [7, 11) is 0. The smallest absolute Gasteiger partial charge is 0.281 e. The van der Waals surface area contributed by atoms with Crippen LogP contribution < -0.4 is 5.69 Å². The highest BCUT2D eigenvalue weighted by Crippen LogP contribution is 2.06. The Morgan fingerprint density at radius 3 is 3.17 bits per heavy atom. The van der Waals surface area contributed by atoms with E-state index in [2.05, 4.69) is 31.0 Å². The van der Waals surface area contributed by atoms with Crippen LogP contribution in [0.2, 0.25) is 0 Å². The van der Waals surface area contributed by atoms with Crippen LogP contribution in [0.15, 0.2) is 15.5 Å². The van der Waals surface area contributed by atoms with E-state index < -0.39 is 0 Å². The molecular weight excluding hydrogens is 244 g/mol. The topological polar surface area (TPSA) is 66.0 Å². The molecule has 0 radical (unpaired) electrons. The van der Waals surface area contributed by atoms with Gasteiger partial charge in [-0.25, -0.2) is 9.78 Å². The van der Waals surface area contributed by atoms with Gasteiger partial charge in [-0.3, -0.25) is 10.1 Å². The standard InChI is InChI=1S/C5H3BrN4OS/c6-2-1-3-7-4(12)8-5(11)10(3)9-2/h1,9H,(H,8,11,12). The Balaban J connectivity index is 3.08. The number of hydrogen-bond acceptors (Lipinski definition) is 3. The Kier molecular flexibility index (Phi) is 1.62. The second kappa shape index (κ2) is 2.53. The van der Waals surface area contributed by atoms with Gasteiger partial charge in [-0.15, -0.1) is 0 Å². The Morgan fingerprint density at radius 2 is 2.42 bits per heavy atom. The van der Waals surface area contributed by atoms with Crippen LogP contribution in [0.4, 0.5) is 0 Å². The van der Waals surface area contributed by atoms with Gasteiger partial charge in [0.1, 0.15) is 4.60 Å². The summed E-state index contributed by atoms with van der Waals surface area (Å²) in [4.78, 5) is 17.5. The molecule has 0 bridgehead atoms. The minimum Gasteiger partial charge on any atom is -0.281 e. The van der Waals surface area contributed by atoms with Gasteiger partial charge in [-0.05, 0) is 28.1 Å². The Bertz CT molecular complexity index is 538. The molecule has 0 unspecified atom stereocenters. The Hall–Kier alpha value is -0.950. The maximum atomic E-state index is 11.2. The monoisotopic (exact) mass is 246 g/mol. The third-order valence-electron chi connectivity index (χ3n) is 1.34. The van der Waals surface area contributed by atoms with Crippen LogP contribution in [-0.4, -0.2) is 19.6 Å². The summed E-state index contributed by atoms with van der Waals surface area (Å²) in [5.41, 5.74) is 0.173. The highest BCUT2D eigenvalue weighted by atomic mass is 79.9. The molecule has 0 aliphatic heterocycles. The molecule has 2 aromatic rings. The zero-order valence-corrected chi connectivity index (χ0v) is 8.07. The van der Waals surface area contributed by atoms with Crippen LogP contribution >= 0.6 is 28.1 Å². The van der Waals surface area contributed by atoms with E-state index >= 15 is 0 Å². The first-order valence-corrected chi connectivity index (χ1v) is 4.24. The van der Waals surface area contributed by atoms with Gasteiger partial charge in [0.15, 0.2) is 5.65 Å². The van der Waals surface area contributed by atoms with Crippen LogP contribution in [-0.2, 0) is 0 Å². The second-order valence-electron chi connectivity index (χ2n) is 2.14. The van der Waals surface area contributed by atoms with Crippen molar-refractivity contribution in [3.8, 4) is 0 Å². The minimum atomic E-state index is -0.323. The molecule has 0 saturated carbocycles. The molecule has 0 fully saturated rings. The molecule has 2 N–H and O–H groups in total. The number of aromatic nitrogens is 4. The summed E-state index contributed by atoms with van der Waals surface area (Å²) in [5.74, 6) is 0. The van der Waals surface area contributed by atoms with Crippen molar-refractivity contribution in [1.29, 1.82) is 0 Å². The average Bonchev–Trinajstić information content (AvgIpc) is 2.29. The number of fused-ring (bicyclic) bond motifs is 1. The number of rotatable bonds is 0. The lowest BCUT2D eigenvalue weighted by Crippen LogP contribution is -2.18. The van der Waals surface area contributed by atoms with Crippen molar-refractivity contribution in [1.82, 2.24) is 19.6 Å². The van der Waals surface area contributed by atoms with Crippen LogP contribution in [0.5, 0.6) is 0 Å². The fourth-order valence-corrected chi connectivity index (χ4v) is 1.45. The Labute approximate surface area is 79.6 Å². The van der Waals surface area contributed by atoms with Gasteiger partial charge in [0.05, 0.1) is 0 Å². The maximum Gasteiger partial charge on any atom is 0.348 e. The first-order chi connectivity index (χ1) is 5.66. The highest BCUT2D eigenvalue weighted by Gasteiger charge is 2.00. The van der Waals surface area contributed by atoms with Crippen molar-refractivity contribution < 1.29 is 0 Å². The van der Waals surface area contributed by atoms with Gasteiger partial charge in [0, 0.05) is 6.07 Å². The van der Waals surface area contributed by atoms with E-state index in [-0.39, 0.29) is 10.5 Å². The molecule has 2 rings (SSSR count). The molecule has 0 spiro atoms. The summed E-state index contributed by atoms with van der Waals surface area (Å²) < 4.78 is 2.13. The molecule has 0 amide bonds. The van der Waals surface area contributed by atoms with E-state index in [0.717, 1.165) is 0 Å². The molecule has 0 aromatic carbocycles. The van der Waals surface area contributed by atoms with E-state index in [0.29, 0.717) is 10.3 Å². The number of hydrogen-bond donors (Lipinski definition) is 2. The quantitative estimate of drug-likeness (QED) is 0.678. The molecule has 2 heterocycles. The average molecular weight is 247 g/mol. The van der Waals surface area contributed by atoms with E-state index in [9.17, 15) is 4.79 Å². The molecule has 62 valence electrons. The van der Waals surface area contributed by atoms with Crippen LogP contribution in [0.25, 0.3) is 5.65 Å². The van der Waals surface area contributed by atoms with Crippen molar-refractivity contribution >= 4 is 33.8 Å². The molecule has 2 aromatic heterocycles. The van der Waals surface area contributed by atoms with Crippen molar-refractivity contribution in [2.45, 2.75) is 0 Å². The lowest BCUT2D eigenvalue weighted by molar-refractivity contribution is 0.827. The van der Waals surface area contributed by atoms with Crippen molar-refractivity contribution in [2.24, 2.45) is 0 Å². The Morgan fingerprint density at radius 1 is 1.67 bits per heavy atom. The van der Waals surface area contributed by atoms with Gasteiger partial charge in [0.2, 0.25) is 4.77 Å². The minimum absolute atomic E-state index is 0.187. The number of H-pyrrole nitrogens is 2. The number of aromatic amines is 2. The summed E-state index contributed by atoms with van der Waals surface area (Å²) in [6, 6.07) is 1.67. The van der Waals surface area contributed by atoms with Crippen molar-refractivity contribution in [3.05, 3.63) is 25.9 Å². The van der Waals surface area contributed by atoms with Crippen LogP contribution in [0.3, 0.4) is 0 Å². The lowest BCUT2D eigenvalue weighted by Gasteiger charge is -1.88. The van der Waals surface area contributed by atoms with Gasteiger partial charge in [-0.1, -0.05) is 0 Å². The number of nitrogens with one attached hydrogen (secondary N) is 2. The lowest BCUT2D eigenvalue weighted by atomic mass is 10.7. The first-order valence-electron chi connectivity index (χ1n) is 3.04. The molecule has 0 aliphatic rings. The maximum absolute atomic E-state index is 11.2. The van der Waals surface area contributed by atoms with Crippen molar-refractivity contribution in [2.75, 3.05) is 0 Å². The predicted octanol–water partition coefficient (Wildman–Crippen LogP) is 0.843. The largest absolute Gasteiger partial charge is 0.348 e. The highest BCUT2D eigenvalue weighted by molar-refractivity contribution is 9.10. The van der Waals surface area contributed by atoms with Gasteiger partial charge >= 0.3 is 5.69 Å². The van der Waals surface area contributed by atoms with Crippen molar-refractivity contribution in [3.63, 3.8) is 0 Å². The molecule has 7 heteroatoms. The molecule has 0 saturated heterocycles. The van der Waals surface area contributed by atoms with E-state index in [4.69, 9.17) is 12.2 Å². The van der Waals surface area contributed by atoms with E-state index in [1.165, 1.54) is 4.52 Å². The predicted molar refractivity (Wildman–Crippen MR) is 48.7 cm³/mol. The summed E-state index contributed by atoms with van der Waals surface area (Å²) in [6.07, 6.45) is 0.